The standard InChI is InChI=1S/C6H9F3INO2/c7-6(8,9)5(13)1-2-11(10)3-4(5)12/h4,12-13H,1-3H2/t4-,5+/m1/s1. The van der Waals surface area contributed by atoms with Crippen LogP contribution in [0.25, 0.3) is 0 Å². The number of aliphatic hydroxyl groups excluding tert-OH is 1. The zero-order valence-corrected chi connectivity index (χ0v) is 8.71. The third-order valence-corrected chi connectivity index (χ3v) is 3.03. The fourth-order valence-corrected chi connectivity index (χ4v) is 1.83. The first-order chi connectivity index (χ1) is 5.77. The molecule has 0 aromatic carbocycles. The molecule has 1 fully saturated rings. The number of halogens is 4. The second kappa shape index (κ2) is 3.52. The van der Waals surface area contributed by atoms with E-state index in [1.165, 1.54) is 3.11 Å². The van der Waals surface area contributed by atoms with Gasteiger partial charge in [0.1, 0.15) is 6.10 Å². The molecule has 0 amide bonds. The minimum atomic E-state index is -4.76. The van der Waals surface area contributed by atoms with Crippen molar-refractivity contribution in [3.05, 3.63) is 0 Å². The molecule has 0 saturated carbocycles. The van der Waals surface area contributed by atoms with Crippen LogP contribution in [-0.2, 0) is 0 Å². The Balaban J connectivity index is 2.79. The van der Waals surface area contributed by atoms with E-state index >= 15 is 0 Å². The predicted molar refractivity (Wildman–Crippen MR) is 47.2 cm³/mol. The Labute approximate surface area is 87.0 Å². The summed E-state index contributed by atoms with van der Waals surface area (Å²) in [6.07, 6.45) is -7.01. The van der Waals surface area contributed by atoms with Crippen LogP contribution in [-0.4, -0.2) is 44.3 Å². The van der Waals surface area contributed by atoms with Gasteiger partial charge in [-0.2, -0.15) is 13.2 Å². The van der Waals surface area contributed by atoms with Gasteiger partial charge < -0.3 is 10.2 Å². The van der Waals surface area contributed by atoms with Crippen molar-refractivity contribution in [2.24, 2.45) is 0 Å². The predicted octanol–water partition coefficient (Wildman–Crippen LogP) is 0.696. The Morgan fingerprint density at radius 1 is 1.46 bits per heavy atom. The first-order valence-corrected chi connectivity index (χ1v) is 4.62. The molecule has 0 radical (unpaired) electrons. The third-order valence-electron chi connectivity index (χ3n) is 2.15. The molecular formula is C6H9F3INO2. The van der Waals surface area contributed by atoms with Crippen LogP contribution in [0.15, 0.2) is 0 Å². The van der Waals surface area contributed by atoms with Crippen LogP contribution in [0.2, 0.25) is 0 Å². The summed E-state index contributed by atoms with van der Waals surface area (Å²) in [5.41, 5.74) is -2.94. The second-order valence-electron chi connectivity index (χ2n) is 3.06. The number of rotatable bonds is 0. The van der Waals surface area contributed by atoms with E-state index in [-0.39, 0.29) is 13.1 Å². The zero-order valence-electron chi connectivity index (χ0n) is 6.55. The highest BCUT2D eigenvalue weighted by molar-refractivity contribution is 14.1. The van der Waals surface area contributed by atoms with Crippen LogP contribution in [0.5, 0.6) is 0 Å². The Morgan fingerprint density at radius 3 is 2.38 bits per heavy atom. The van der Waals surface area contributed by atoms with Crippen LogP contribution >= 0.6 is 22.9 Å². The molecule has 2 atom stereocenters. The van der Waals surface area contributed by atoms with Gasteiger partial charge in [-0.05, 0) is 0 Å². The Morgan fingerprint density at radius 2 is 2.00 bits per heavy atom. The van der Waals surface area contributed by atoms with Gasteiger partial charge in [0.15, 0.2) is 5.60 Å². The summed E-state index contributed by atoms with van der Waals surface area (Å²) in [6.45, 7) is -0.0514. The minimum Gasteiger partial charge on any atom is -0.388 e. The summed E-state index contributed by atoms with van der Waals surface area (Å²) in [5.74, 6) is 0. The molecule has 1 saturated heterocycles. The summed E-state index contributed by atoms with van der Waals surface area (Å²) in [4.78, 5) is 0. The Hall–Kier alpha value is 0.400. The largest absolute Gasteiger partial charge is 0.419 e. The van der Waals surface area contributed by atoms with Crippen molar-refractivity contribution in [1.82, 2.24) is 3.11 Å². The summed E-state index contributed by atoms with van der Waals surface area (Å²) in [6, 6.07) is 0. The molecule has 1 heterocycles. The molecule has 0 aromatic rings. The number of piperidine rings is 1. The van der Waals surface area contributed by atoms with E-state index in [0.717, 1.165) is 0 Å². The second-order valence-corrected chi connectivity index (χ2v) is 4.42. The molecule has 2 N–H and O–H groups in total. The topological polar surface area (TPSA) is 43.7 Å². The average Bonchev–Trinajstić information content (AvgIpc) is 1.95. The number of β-amino-alcohol motifs (C(OH)–C–C–N with tert-alkyl or cyclic N) is 1. The summed E-state index contributed by atoms with van der Waals surface area (Å²) >= 11 is 1.81. The number of nitrogens with zero attached hydrogens (tertiary/aromatic N) is 1. The van der Waals surface area contributed by atoms with Crippen molar-refractivity contribution >= 4 is 22.9 Å². The molecule has 7 heteroatoms. The maximum atomic E-state index is 12.3. The average molecular weight is 311 g/mol. The quantitative estimate of drug-likeness (QED) is 0.511. The number of aliphatic hydroxyl groups is 2. The van der Waals surface area contributed by atoms with E-state index in [2.05, 4.69) is 0 Å². The smallest absolute Gasteiger partial charge is 0.388 e. The molecule has 0 aromatic heterocycles. The van der Waals surface area contributed by atoms with Crippen molar-refractivity contribution in [2.75, 3.05) is 13.1 Å². The molecule has 13 heavy (non-hydrogen) atoms. The van der Waals surface area contributed by atoms with E-state index < -0.39 is 24.3 Å². The van der Waals surface area contributed by atoms with Crippen molar-refractivity contribution in [3.63, 3.8) is 0 Å². The molecule has 78 valence electrons. The van der Waals surface area contributed by atoms with Gasteiger partial charge in [0.2, 0.25) is 0 Å². The molecule has 0 aliphatic carbocycles. The summed E-state index contributed by atoms with van der Waals surface area (Å²) in [5, 5.41) is 18.3. The fourth-order valence-electron chi connectivity index (χ4n) is 1.22. The third kappa shape index (κ3) is 2.08. The number of alkyl halides is 3. The van der Waals surface area contributed by atoms with Crippen LogP contribution in [0.3, 0.4) is 0 Å². The number of hydrogen-bond acceptors (Lipinski definition) is 3. The molecule has 1 rings (SSSR count). The summed E-state index contributed by atoms with van der Waals surface area (Å²) in [7, 11) is 0. The zero-order chi connectivity index (χ0) is 10.3. The van der Waals surface area contributed by atoms with Crippen LogP contribution < -0.4 is 0 Å². The molecular weight excluding hydrogens is 302 g/mol. The Bertz CT molecular complexity index is 201. The lowest BCUT2D eigenvalue weighted by molar-refractivity contribution is -0.299. The van der Waals surface area contributed by atoms with Gasteiger partial charge in [0.25, 0.3) is 0 Å². The van der Waals surface area contributed by atoms with E-state index in [1.807, 2.05) is 22.9 Å². The monoisotopic (exact) mass is 311 g/mol. The van der Waals surface area contributed by atoms with Crippen molar-refractivity contribution in [3.8, 4) is 0 Å². The lowest BCUT2D eigenvalue weighted by atomic mass is 9.89. The van der Waals surface area contributed by atoms with E-state index in [1.54, 1.807) is 0 Å². The van der Waals surface area contributed by atoms with Crippen molar-refractivity contribution < 1.29 is 23.4 Å². The maximum absolute atomic E-state index is 12.3. The highest BCUT2D eigenvalue weighted by atomic mass is 127. The van der Waals surface area contributed by atoms with Crippen LogP contribution in [0, 0.1) is 0 Å². The van der Waals surface area contributed by atoms with E-state index in [9.17, 15) is 18.3 Å². The van der Waals surface area contributed by atoms with Crippen LogP contribution in [0.4, 0.5) is 13.2 Å². The fraction of sp³-hybridized carbons (Fsp3) is 1.00. The van der Waals surface area contributed by atoms with E-state index in [0.29, 0.717) is 0 Å². The molecule has 1 aliphatic heterocycles. The van der Waals surface area contributed by atoms with Crippen molar-refractivity contribution in [1.29, 1.82) is 0 Å². The van der Waals surface area contributed by atoms with Crippen molar-refractivity contribution in [2.45, 2.75) is 24.3 Å². The highest BCUT2D eigenvalue weighted by Crippen LogP contribution is 2.39. The van der Waals surface area contributed by atoms with Gasteiger partial charge in [0.05, 0.1) is 0 Å². The van der Waals surface area contributed by atoms with Gasteiger partial charge in [-0.15, -0.1) is 0 Å². The maximum Gasteiger partial charge on any atom is 0.419 e. The minimum absolute atomic E-state index is 0.119. The molecule has 0 unspecified atom stereocenters. The van der Waals surface area contributed by atoms with E-state index in [4.69, 9.17) is 5.11 Å². The Kier molecular flexibility index (Phi) is 3.11. The highest BCUT2D eigenvalue weighted by Gasteiger charge is 2.59. The van der Waals surface area contributed by atoms with Gasteiger partial charge >= 0.3 is 6.18 Å². The normalized spacial score (nSPS) is 37.8. The lowest BCUT2D eigenvalue weighted by Gasteiger charge is -2.40. The van der Waals surface area contributed by atoms with Gasteiger partial charge in [-0.25, -0.2) is 3.11 Å². The first-order valence-electron chi connectivity index (χ1n) is 3.65. The first kappa shape index (κ1) is 11.5. The van der Waals surface area contributed by atoms with Gasteiger partial charge in [-0.3, -0.25) is 0 Å². The number of hydrogen-bond donors (Lipinski definition) is 2. The SMILES string of the molecule is O[C@@H]1CN(I)CC[C@@]1(O)C(F)(F)F. The lowest BCUT2D eigenvalue weighted by Crippen LogP contribution is -2.61. The molecule has 3 nitrogen and oxygen atoms in total. The molecule has 1 aliphatic rings. The van der Waals surface area contributed by atoms with Gasteiger partial charge in [0, 0.05) is 42.4 Å². The summed E-state index contributed by atoms with van der Waals surface area (Å²) < 4.78 is 38.3. The van der Waals surface area contributed by atoms with Gasteiger partial charge in [-0.1, -0.05) is 0 Å². The molecule has 0 spiro atoms. The molecule has 0 bridgehead atoms. The van der Waals surface area contributed by atoms with Crippen LogP contribution in [0.1, 0.15) is 6.42 Å².